The number of anilines is 1. The highest BCUT2D eigenvalue weighted by molar-refractivity contribution is 9.10. The highest BCUT2D eigenvalue weighted by atomic mass is 79.9. The third-order valence-corrected chi connectivity index (χ3v) is 4.53. The Morgan fingerprint density at radius 2 is 2.10 bits per heavy atom. The van der Waals surface area contributed by atoms with Gasteiger partial charge in [-0.3, -0.25) is 0 Å². The standard InChI is InChI=1S/C16H23BrN2O/c1-20-9-8-19(15-6-7-15)16-10-13(17)3-2-12(16)11-18-14-4-5-14/h2-3,10,14-15,18H,4-9,11H2,1H3. The van der Waals surface area contributed by atoms with Crippen molar-refractivity contribution in [3.63, 3.8) is 0 Å². The van der Waals surface area contributed by atoms with E-state index >= 15 is 0 Å². The molecule has 0 saturated heterocycles. The Morgan fingerprint density at radius 3 is 2.75 bits per heavy atom. The number of nitrogens with zero attached hydrogens (tertiary/aromatic N) is 1. The molecule has 2 aliphatic carbocycles. The van der Waals surface area contributed by atoms with Crippen molar-refractivity contribution >= 4 is 21.6 Å². The molecule has 2 aliphatic rings. The van der Waals surface area contributed by atoms with E-state index in [4.69, 9.17) is 4.74 Å². The first-order chi connectivity index (χ1) is 9.78. The van der Waals surface area contributed by atoms with Crippen molar-refractivity contribution in [1.82, 2.24) is 5.32 Å². The minimum Gasteiger partial charge on any atom is -0.383 e. The summed E-state index contributed by atoms with van der Waals surface area (Å²) in [6, 6.07) is 8.11. The van der Waals surface area contributed by atoms with Gasteiger partial charge in [0.25, 0.3) is 0 Å². The van der Waals surface area contributed by atoms with Gasteiger partial charge in [0.1, 0.15) is 0 Å². The molecule has 2 saturated carbocycles. The van der Waals surface area contributed by atoms with Crippen LogP contribution in [-0.2, 0) is 11.3 Å². The number of halogens is 1. The summed E-state index contributed by atoms with van der Waals surface area (Å²) in [6.07, 6.45) is 5.29. The number of rotatable bonds is 8. The first-order valence-electron chi connectivity index (χ1n) is 7.55. The van der Waals surface area contributed by atoms with Crippen molar-refractivity contribution < 1.29 is 4.74 Å². The van der Waals surface area contributed by atoms with Crippen molar-refractivity contribution in [2.45, 2.75) is 44.3 Å². The normalized spacial score (nSPS) is 18.3. The molecule has 0 spiro atoms. The Labute approximate surface area is 129 Å². The Hall–Kier alpha value is -0.580. The molecule has 3 rings (SSSR count). The van der Waals surface area contributed by atoms with Crippen LogP contribution in [-0.4, -0.2) is 32.3 Å². The highest BCUT2D eigenvalue weighted by Gasteiger charge is 2.30. The molecule has 3 nitrogen and oxygen atoms in total. The zero-order valence-corrected chi connectivity index (χ0v) is 13.7. The maximum absolute atomic E-state index is 5.28. The Bertz CT molecular complexity index is 458. The first-order valence-corrected chi connectivity index (χ1v) is 8.34. The highest BCUT2D eigenvalue weighted by Crippen LogP contribution is 2.35. The molecule has 0 atom stereocenters. The van der Waals surface area contributed by atoms with Crippen molar-refractivity contribution in [2.24, 2.45) is 0 Å². The molecule has 0 heterocycles. The molecular weight excluding hydrogens is 316 g/mol. The van der Waals surface area contributed by atoms with Gasteiger partial charge < -0.3 is 15.0 Å². The molecule has 0 unspecified atom stereocenters. The van der Waals surface area contributed by atoms with Crippen LogP contribution in [0.1, 0.15) is 31.2 Å². The van der Waals surface area contributed by atoms with E-state index in [1.807, 2.05) is 0 Å². The van der Waals surface area contributed by atoms with Crippen molar-refractivity contribution in [2.75, 3.05) is 25.2 Å². The summed E-state index contributed by atoms with van der Waals surface area (Å²) in [5.74, 6) is 0. The van der Waals surface area contributed by atoms with Gasteiger partial charge in [-0.2, -0.15) is 0 Å². The predicted molar refractivity (Wildman–Crippen MR) is 86.2 cm³/mol. The van der Waals surface area contributed by atoms with Crippen LogP contribution in [0.5, 0.6) is 0 Å². The van der Waals surface area contributed by atoms with Crippen molar-refractivity contribution in [3.05, 3.63) is 28.2 Å². The number of nitrogens with one attached hydrogen (secondary N) is 1. The van der Waals surface area contributed by atoms with Crippen molar-refractivity contribution in [3.8, 4) is 0 Å². The van der Waals surface area contributed by atoms with E-state index < -0.39 is 0 Å². The SMILES string of the molecule is COCCN(c1cc(Br)ccc1CNC1CC1)C1CC1. The number of benzene rings is 1. The van der Waals surface area contributed by atoms with Crippen molar-refractivity contribution in [1.29, 1.82) is 0 Å². The average molecular weight is 339 g/mol. The smallest absolute Gasteiger partial charge is 0.0637 e. The van der Waals surface area contributed by atoms with Crippen LogP contribution in [0.15, 0.2) is 22.7 Å². The second-order valence-electron chi connectivity index (χ2n) is 5.85. The third kappa shape index (κ3) is 3.74. The first kappa shape index (κ1) is 14.4. The number of ether oxygens (including phenoxy) is 1. The van der Waals surface area contributed by atoms with Crippen LogP contribution in [0.25, 0.3) is 0 Å². The summed E-state index contributed by atoms with van der Waals surface area (Å²) in [5, 5.41) is 3.63. The van der Waals surface area contributed by atoms with Gasteiger partial charge in [0.05, 0.1) is 6.61 Å². The quantitative estimate of drug-likeness (QED) is 0.786. The number of hydrogen-bond acceptors (Lipinski definition) is 3. The van der Waals surface area contributed by atoms with Gasteiger partial charge in [-0.15, -0.1) is 0 Å². The molecule has 0 aliphatic heterocycles. The van der Waals surface area contributed by atoms with E-state index in [0.29, 0.717) is 6.04 Å². The summed E-state index contributed by atoms with van der Waals surface area (Å²) in [6.45, 7) is 2.75. The summed E-state index contributed by atoms with van der Waals surface area (Å²) >= 11 is 3.62. The van der Waals surface area contributed by atoms with E-state index in [9.17, 15) is 0 Å². The zero-order chi connectivity index (χ0) is 13.9. The molecule has 4 heteroatoms. The van der Waals surface area contributed by atoms with Crippen LogP contribution in [0.2, 0.25) is 0 Å². The van der Waals surface area contributed by atoms with Crippen LogP contribution in [0.3, 0.4) is 0 Å². The minimum atomic E-state index is 0.708. The lowest BCUT2D eigenvalue weighted by Gasteiger charge is -2.27. The maximum Gasteiger partial charge on any atom is 0.0637 e. The average Bonchev–Trinajstić information content (AvgIpc) is 3.31. The molecule has 20 heavy (non-hydrogen) atoms. The fourth-order valence-electron chi connectivity index (χ4n) is 2.57. The van der Waals surface area contributed by atoms with E-state index in [1.54, 1.807) is 7.11 Å². The van der Waals surface area contributed by atoms with E-state index in [-0.39, 0.29) is 0 Å². The topological polar surface area (TPSA) is 24.5 Å². The van der Waals surface area contributed by atoms with E-state index in [1.165, 1.54) is 36.9 Å². The predicted octanol–water partition coefficient (Wildman–Crippen LogP) is 3.32. The van der Waals surface area contributed by atoms with Gasteiger partial charge in [-0.05, 0) is 43.4 Å². The van der Waals surface area contributed by atoms with Crippen LogP contribution < -0.4 is 10.2 Å². The molecule has 1 N–H and O–H groups in total. The Kier molecular flexibility index (Phi) is 4.64. The van der Waals surface area contributed by atoms with E-state index in [2.05, 4.69) is 44.3 Å². The molecule has 1 aromatic carbocycles. The summed E-state index contributed by atoms with van der Waals surface area (Å²) < 4.78 is 6.44. The molecule has 0 aromatic heterocycles. The van der Waals surface area contributed by atoms with E-state index in [0.717, 1.165) is 30.2 Å². The van der Waals surface area contributed by atoms with Gasteiger partial charge in [0, 0.05) is 42.4 Å². The Balaban J connectivity index is 1.77. The fourth-order valence-corrected chi connectivity index (χ4v) is 2.92. The van der Waals surface area contributed by atoms with Gasteiger partial charge >= 0.3 is 0 Å². The second kappa shape index (κ2) is 6.46. The number of methoxy groups -OCH3 is 1. The zero-order valence-electron chi connectivity index (χ0n) is 12.1. The number of hydrogen-bond donors (Lipinski definition) is 1. The summed E-state index contributed by atoms with van der Waals surface area (Å²) in [5.41, 5.74) is 2.77. The summed E-state index contributed by atoms with van der Waals surface area (Å²) in [4.78, 5) is 2.53. The Morgan fingerprint density at radius 1 is 1.30 bits per heavy atom. The monoisotopic (exact) mass is 338 g/mol. The molecule has 0 amide bonds. The van der Waals surface area contributed by atoms with Gasteiger partial charge in [0.15, 0.2) is 0 Å². The lowest BCUT2D eigenvalue weighted by atomic mass is 10.1. The van der Waals surface area contributed by atoms with Crippen LogP contribution in [0, 0.1) is 0 Å². The maximum atomic E-state index is 5.28. The van der Waals surface area contributed by atoms with Gasteiger partial charge in [0.2, 0.25) is 0 Å². The lowest BCUT2D eigenvalue weighted by Crippen LogP contribution is -2.31. The van der Waals surface area contributed by atoms with Crippen LogP contribution >= 0.6 is 15.9 Å². The minimum absolute atomic E-state index is 0.708. The fraction of sp³-hybridized carbons (Fsp3) is 0.625. The second-order valence-corrected chi connectivity index (χ2v) is 6.76. The molecule has 0 radical (unpaired) electrons. The third-order valence-electron chi connectivity index (χ3n) is 4.04. The molecule has 110 valence electrons. The lowest BCUT2D eigenvalue weighted by molar-refractivity contribution is 0.205. The van der Waals surface area contributed by atoms with Gasteiger partial charge in [-0.25, -0.2) is 0 Å². The molecule has 2 fully saturated rings. The molecule has 0 bridgehead atoms. The molecule has 1 aromatic rings. The van der Waals surface area contributed by atoms with Gasteiger partial charge in [-0.1, -0.05) is 22.0 Å². The van der Waals surface area contributed by atoms with Crippen LogP contribution in [0.4, 0.5) is 5.69 Å². The molecular formula is C16H23BrN2O. The largest absolute Gasteiger partial charge is 0.383 e. The summed E-state index contributed by atoms with van der Waals surface area (Å²) in [7, 11) is 1.78.